The number of methoxy groups -OCH3 is 1. The monoisotopic (exact) mass is 524 g/mol. The summed E-state index contributed by atoms with van der Waals surface area (Å²) in [6, 6.07) is 15.7. The highest BCUT2D eigenvalue weighted by atomic mass is 19.2. The summed E-state index contributed by atoms with van der Waals surface area (Å²) < 4.78 is 55.8. The highest BCUT2D eigenvalue weighted by molar-refractivity contribution is 5.71. The van der Waals surface area contributed by atoms with Crippen molar-refractivity contribution < 1.29 is 22.6 Å². The van der Waals surface area contributed by atoms with Gasteiger partial charge in [-0.3, -0.25) is 0 Å². The number of benzene rings is 3. The summed E-state index contributed by atoms with van der Waals surface area (Å²) in [5, 5.41) is 0. The predicted octanol–water partition coefficient (Wildman–Crippen LogP) is 9.60. The van der Waals surface area contributed by atoms with Crippen LogP contribution in [0.5, 0.6) is 0 Å². The van der Waals surface area contributed by atoms with Gasteiger partial charge in [0.25, 0.3) is 0 Å². The molecule has 0 aliphatic carbocycles. The topological polar surface area (TPSA) is 18.5 Å². The Labute approximate surface area is 225 Å². The van der Waals surface area contributed by atoms with Gasteiger partial charge in [0.2, 0.25) is 0 Å². The molecule has 0 amide bonds. The highest BCUT2D eigenvalue weighted by Gasteiger charge is 2.25. The minimum Gasteiger partial charge on any atom is -0.379 e. The molecule has 0 aromatic heterocycles. The zero-order valence-corrected chi connectivity index (χ0v) is 22.6. The molecule has 3 aromatic carbocycles. The molecule has 2 atom stereocenters. The third-order valence-corrected chi connectivity index (χ3v) is 7.66. The van der Waals surface area contributed by atoms with Crippen LogP contribution in [0.25, 0.3) is 22.3 Å². The van der Waals surface area contributed by atoms with E-state index in [1.165, 1.54) is 31.7 Å². The van der Waals surface area contributed by atoms with E-state index in [1.54, 1.807) is 37.4 Å². The van der Waals surface area contributed by atoms with Crippen molar-refractivity contribution in [3.05, 3.63) is 83.2 Å². The van der Waals surface area contributed by atoms with Gasteiger partial charge >= 0.3 is 0 Å². The molecule has 0 spiro atoms. The molecular formula is C33H39F3O2. The van der Waals surface area contributed by atoms with E-state index in [0.717, 1.165) is 36.8 Å². The summed E-state index contributed by atoms with van der Waals surface area (Å²) >= 11 is 0. The molecule has 0 saturated carbocycles. The van der Waals surface area contributed by atoms with Crippen LogP contribution in [-0.4, -0.2) is 19.8 Å². The second-order valence-electron chi connectivity index (χ2n) is 10.3. The summed E-state index contributed by atoms with van der Waals surface area (Å²) in [6.45, 7) is 2.65. The molecule has 0 N–H and O–H groups in total. The normalized spacial score (nSPS) is 17.6. The standard InChI is InChI=1S/C33H39F3O2/c1-3-4-5-6-7-8-9-10-25-15-18-28(33(36)32(25)35)24-13-11-23(12-14-24)26-16-19-29(30(34)21-26)31-20-17-27(37-2)22-38-31/h11-16,18-19,21,27,31H,3-10,17,20,22H2,1-2H3. The van der Waals surface area contributed by atoms with Gasteiger partial charge in [0, 0.05) is 18.2 Å². The third-order valence-electron chi connectivity index (χ3n) is 7.66. The zero-order chi connectivity index (χ0) is 26.9. The number of hydrogen-bond acceptors (Lipinski definition) is 2. The van der Waals surface area contributed by atoms with Crippen molar-refractivity contribution in [2.24, 2.45) is 0 Å². The molecule has 3 aromatic rings. The first-order valence-corrected chi connectivity index (χ1v) is 14.0. The fraction of sp³-hybridized carbons (Fsp3) is 0.455. The number of hydrogen-bond donors (Lipinski definition) is 0. The van der Waals surface area contributed by atoms with Crippen LogP contribution in [0.2, 0.25) is 0 Å². The lowest BCUT2D eigenvalue weighted by Gasteiger charge is -2.28. The van der Waals surface area contributed by atoms with Crippen LogP contribution in [-0.2, 0) is 15.9 Å². The van der Waals surface area contributed by atoms with Gasteiger partial charge in [0.15, 0.2) is 11.6 Å². The first-order valence-electron chi connectivity index (χ1n) is 14.0. The molecule has 4 rings (SSSR count). The highest BCUT2D eigenvalue weighted by Crippen LogP contribution is 2.34. The van der Waals surface area contributed by atoms with E-state index in [0.29, 0.717) is 36.1 Å². The molecule has 1 aliphatic rings. The summed E-state index contributed by atoms with van der Waals surface area (Å²) in [7, 11) is 1.66. The second-order valence-corrected chi connectivity index (χ2v) is 10.3. The second kappa shape index (κ2) is 14.0. The van der Waals surface area contributed by atoms with Gasteiger partial charge in [-0.1, -0.05) is 94.0 Å². The molecular weight excluding hydrogens is 485 g/mol. The van der Waals surface area contributed by atoms with Crippen LogP contribution in [0.4, 0.5) is 13.2 Å². The van der Waals surface area contributed by atoms with Crippen LogP contribution < -0.4 is 0 Å². The van der Waals surface area contributed by atoms with E-state index >= 15 is 0 Å². The lowest BCUT2D eigenvalue weighted by molar-refractivity contribution is -0.0735. The van der Waals surface area contributed by atoms with Crippen molar-refractivity contribution in [3.8, 4) is 22.3 Å². The molecule has 5 heteroatoms. The Balaban J connectivity index is 1.39. The van der Waals surface area contributed by atoms with Crippen molar-refractivity contribution in [2.45, 2.75) is 83.3 Å². The van der Waals surface area contributed by atoms with Crippen LogP contribution in [0, 0.1) is 17.5 Å². The molecule has 2 unspecified atom stereocenters. The maximum Gasteiger partial charge on any atom is 0.166 e. The number of ether oxygens (including phenoxy) is 2. The van der Waals surface area contributed by atoms with Crippen LogP contribution in [0.1, 0.15) is 81.9 Å². The Morgan fingerprint density at radius 3 is 2.11 bits per heavy atom. The van der Waals surface area contributed by atoms with Crippen LogP contribution >= 0.6 is 0 Å². The van der Waals surface area contributed by atoms with Crippen molar-refractivity contribution in [1.29, 1.82) is 0 Å². The lowest BCUT2D eigenvalue weighted by Crippen LogP contribution is -2.26. The maximum absolute atomic E-state index is 15.0. The Hall–Kier alpha value is -2.63. The molecule has 38 heavy (non-hydrogen) atoms. The number of rotatable bonds is 12. The Kier molecular flexibility index (Phi) is 10.4. The molecule has 1 aliphatic heterocycles. The summed E-state index contributed by atoms with van der Waals surface area (Å²) in [5.74, 6) is -1.87. The summed E-state index contributed by atoms with van der Waals surface area (Å²) in [6.07, 6.45) is 9.87. The first kappa shape index (κ1) is 28.4. The molecule has 2 nitrogen and oxygen atoms in total. The molecule has 0 bridgehead atoms. The minimum absolute atomic E-state index is 0.0618. The van der Waals surface area contributed by atoms with Crippen molar-refractivity contribution >= 4 is 0 Å². The van der Waals surface area contributed by atoms with Crippen molar-refractivity contribution in [1.82, 2.24) is 0 Å². The summed E-state index contributed by atoms with van der Waals surface area (Å²) in [4.78, 5) is 0. The Bertz CT molecular complexity index is 1170. The quantitative estimate of drug-likeness (QED) is 0.220. The number of halogens is 3. The molecule has 1 heterocycles. The van der Waals surface area contributed by atoms with Gasteiger partial charge in [-0.2, -0.15) is 0 Å². The van der Waals surface area contributed by atoms with Crippen LogP contribution in [0.3, 0.4) is 0 Å². The van der Waals surface area contributed by atoms with E-state index in [-0.39, 0.29) is 23.6 Å². The zero-order valence-electron chi connectivity index (χ0n) is 22.6. The summed E-state index contributed by atoms with van der Waals surface area (Å²) in [5.41, 5.74) is 3.34. The van der Waals surface area contributed by atoms with Gasteiger partial charge in [-0.15, -0.1) is 0 Å². The van der Waals surface area contributed by atoms with Gasteiger partial charge in [-0.25, -0.2) is 13.2 Å². The lowest BCUT2D eigenvalue weighted by atomic mass is 9.95. The van der Waals surface area contributed by atoms with Crippen molar-refractivity contribution in [2.75, 3.05) is 13.7 Å². The fourth-order valence-corrected chi connectivity index (χ4v) is 5.25. The largest absolute Gasteiger partial charge is 0.379 e. The average molecular weight is 525 g/mol. The van der Waals surface area contributed by atoms with Crippen LogP contribution in [0.15, 0.2) is 54.6 Å². The fourth-order valence-electron chi connectivity index (χ4n) is 5.25. The van der Waals surface area contributed by atoms with Gasteiger partial charge in [0.1, 0.15) is 5.82 Å². The average Bonchev–Trinajstić information content (AvgIpc) is 2.95. The van der Waals surface area contributed by atoms with E-state index in [4.69, 9.17) is 9.47 Å². The third kappa shape index (κ3) is 7.06. The van der Waals surface area contributed by atoms with E-state index < -0.39 is 11.6 Å². The first-order chi connectivity index (χ1) is 18.5. The molecule has 204 valence electrons. The van der Waals surface area contributed by atoms with Gasteiger partial charge in [-0.05, 0) is 54.0 Å². The molecule has 0 radical (unpaired) electrons. The molecule has 1 fully saturated rings. The maximum atomic E-state index is 15.0. The van der Waals surface area contributed by atoms with Crippen molar-refractivity contribution in [3.63, 3.8) is 0 Å². The minimum atomic E-state index is -0.809. The van der Waals surface area contributed by atoms with Gasteiger partial charge in [0.05, 0.1) is 18.8 Å². The predicted molar refractivity (Wildman–Crippen MR) is 148 cm³/mol. The van der Waals surface area contributed by atoms with Gasteiger partial charge < -0.3 is 9.47 Å². The Morgan fingerprint density at radius 1 is 0.763 bits per heavy atom. The SMILES string of the molecule is CCCCCCCCCc1ccc(-c2ccc(-c3ccc(C4CCC(OC)CO4)c(F)c3)cc2)c(F)c1F. The van der Waals surface area contributed by atoms with E-state index in [2.05, 4.69) is 6.92 Å². The number of unbranched alkanes of at least 4 members (excludes halogenated alkanes) is 6. The smallest absolute Gasteiger partial charge is 0.166 e. The van der Waals surface area contributed by atoms with E-state index in [9.17, 15) is 13.2 Å². The molecule has 1 saturated heterocycles. The Morgan fingerprint density at radius 2 is 1.45 bits per heavy atom. The van der Waals surface area contributed by atoms with E-state index in [1.807, 2.05) is 18.2 Å². The number of aryl methyl sites for hydroxylation is 1.